The van der Waals surface area contributed by atoms with Gasteiger partial charge in [-0.15, -0.1) is 0 Å². The average Bonchev–Trinajstić information content (AvgIpc) is 2.85. The number of carbonyl (C=O) groups is 2. The highest BCUT2D eigenvalue weighted by atomic mass is 16.3. The van der Waals surface area contributed by atoms with Gasteiger partial charge in [-0.2, -0.15) is 0 Å². The summed E-state index contributed by atoms with van der Waals surface area (Å²) in [4.78, 5) is 32.0. The Bertz CT molecular complexity index is 646. The molecule has 7 heteroatoms. The second-order valence-electron chi connectivity index (χ2n) is 7.86. The number of aromatic nitrogens is 1. The molecule has 27 heavy (non-hydrogen) atoms. The molecule has 2 aliphatic rings. The summed E-state index contributed by atoms with van der Waals surface area (Å²) in [5.41, 5.74) is -0.159. The van der Waals surface area contributed by atoms with Crippen molar-refractivity contribution in [2.75, 3.05) is 32.7 Å². The van der Waals surface area contributed by atoms with Crippen molar-refractivity contribution in [1.29, 1.82) is 0 Å². The van der Waals surface area contributed by atoms with Crippen LogP contribution in [0.4, 0.5) is 0 Å². The van der Waals surface area contributed by atoms with Gasteiger partial charge in [-0.3, -0.25) is 14.6 Å². The van der Waals surface area contributed by atoms with Crippen molar-refractivity contribution in [3.8, 4) is 0 Å². The topological polar surface area (TPSA) is 85.8 Å². The largest absolute Gasteiger partial charge is 0.388 e. The van der Waals surface area contributed by atoms with Crippen LogP contribution in [0.25, 0.3) is 0 Å². The molecular formula is C20H30N4O3. The SMILES string of the molecule is CC(=O)NC1CCN(C[C@]2(O)CCCN(C(=O)c3cccnc3)CC2)CC1. The van der Waals surface area contributed by atoms with Crippen molar-refractivity contribution >= 4 is 11.8 Å². The number of hydrogen-bond acceptors (Lipinski definition) is 5. The molecule has 0 aliphatic carbocycles. The highest BCUT2D eigenvalue weighted by molar-refractivity contribution is 5.93. The first-order chi connectivity index (χ1) is 13.0. The minimum absolute atomic E-state index is 0.0107. The van der Waals surface area contributed by atoms with E-state index in [1.165, 1.54) is 0 Å². The Hall–Kier alpha value is -1.99. The van der Waals surface area contributed by atoms with Gasteiger partial charge >= 0.3 is 0 Å². The minimum Gasteiger partial charge on any atom is -0.388 e. The van der Waals surface area contributed by atoms with E-state index in [4.69, 9.17) is 0 Å². The van der Waals surface area contributed by atoms with Gasteiger partial charge in [-0.25, -0.2) is 0 Å². The van der Waals surface area contributed by atoms with Crippen LogP contribution in [-0.2, 0) is 4.79 Å². The third-order valence-electron chi connectivity index (χ3n) is 5.63. The molecule has 0 bridgehead atoms. The molecule has 1 aromatic heterocycles. The minimum atomic E-state index is -0.759. The smallest absolute Gasteiger partial charge is 0.255 e. The molecule has 3 rings (SSSR count). The number of aliphatic hydroxyl groups is 1. The van der Waals surface area contributed by atoms with Crippen LogP contribution in [0.1, 0.15) is 49.4 Å². The quantitative estimate of drug-likeness (QED) is 0.822. The van der Waals surface area contributed by atoms with Crippen LogP contribution in [0.5, 0.6) is 0 Å². The molecule has 0 unspecified atom stereocenters. The number of β-amino-alcohol motifs (C(OH)–C–C–N with tert-alkyl or cyclic N) is 1. The summed E-state index contributed by atoms with van der Waals surface area (Å²) in [7, 11) is 0. The lowest BCUT2D eigenvalue weighted by atomic mass is 9.93. The molecule has 0 saturated carbocycles. The van der Waals surface area contributed by atoms with E-state index in [0.717, 1.165) is 32.4 Å². The van der Waals surface area contributed by atoms with E-state index in [9.17, 15) is 14.7 Å². The van der Waals surface area contributed by atoms with Crippen LogP contribution in [0.15, 0.2) is 24.5 Å². The zero-order valence-electron chi connectivity index (χ0n) is 16.1. The second-order valence-corrected chi connectivity index (χ2v) is 7.86. The summed E-state index contributed by atoms with van der Waals surface area (Å²) < 4.78 is 0. The third kappa shape index (κ3) is 5.49. The Labute approximate surface area is 160 Å². The fourth-order valence-corrected chi connectivity index (χ4v) is 4.15. The molecule has 2 saturated heterocycles. The molecule has 2 aliphatic heterocycles. The number of piperidine rings is 1. The van der Waals surface area contributed by atoms with E-state index in [2.05, 4.69) is 15.2 Å². The van der Waals surface area contributed by atoms with Crippen molar-refractivity contribution in [1.82, 2.24) is 20.1 Å². The lowest BCUT2D eigenvalue weighted by Gasteiger charge is -2.38. The fourth-order valence-electron chi connectivity index (χ4n) is 4.15. The van der Waals surface area contributed by atoms with Crippen LogP contribution < -0.4 is 5.32 Å². The first-order valence-corrected chi connectivity index (χ1v) is 9.86. The van der Waals surface area contributed by atoms with Gasteiger partial charge in [-0.05, 0) is 44.2 Å². The van der Waals surface area contributed by atoms with Gasteiger partial charge in [-0.1, -0.05) is 0 Å². The van der Waals surface area contributed by atoms with E-state index in [0.29, 0.717) is 38.0 Å². The first-order valence-electron chi connectivity index (χ1n) is 9.86. The van der Waals surface area contributed by atoms with Crippen LogP contribution in [-0.4, -0.2) is 76.1 Å². The maximum absolute atomic E-state index is 12.6. The maximum atomic E-state index is 12.6. The Morgan fingerprint density at radius 1 is 1.26 bits per heavy atom. The second kappa shape index (κ2) is 8.80. The molecule has 148 valence electrons. The Kier molecular flexibility index (Phi) is 6.44. The Morgan fingerprint density at radius 2 is 2.04 bits per heavy atom. The van der Waals surface area contributed by atoms with E-state index in [1.54, 1.807) is 31.5 Å². The van der Waals surface area contributed by atoms with Gasteiger partial charge in [0.15, 0.2) is 0 Å². The molecular weight excluding hydrogens is 344 g/mol. The number of amides is 2. The predicted molar refractivity (Wildman–Crippen MR) is 102 cm³/mol. The van der Waals surface area contributed by atoms with Crippen LogP contribution >= 0.6 is 0 Å². The summed E-state index contributed by atoms with van der Waals surface area (Å²) in [6.45, 7) is 5.18. The predicted octanol–water partition coefficient (Wildman–Crippen LogP) is 1.04. The normalized spacial score (nSPS) is 25.0. The van der Waals surface area contributed by atoms with Crippen molar-refractivity contribution in [2.45, 2.75) is 50.7 Å². The summed E-state index contributed by atoms with van der Waals surface area (Å²) in [6.07, 6.45) is 7.18. The highest BCUT2D eigenvalue weighted by Gasteiger charge is 2.34. The molecule has 2 N–H and O–H groups in total. The number of hydrogen-bond donors (Lipinski definition) is 2. The van der Waals surface area contributed by atoms with Crippen molar-refractivity contribution in [3.05, 3.63) is 30.1 Å². The van der Waals surface area contributed by atoms with Gasteiger partial charge in [0, 0.05) is 58.1 Å². The molecule has 2 amide bonds. The zero-order chi connectivity index (χ0) is 19.3. The van der Waals surface area contributed by atoms with E-state index in [1.807, 2.05) is 4.90 Å². The fraction of sp³-hybridized carbons (Fsp3) is 0.650. The van der Waals surface area contributed by atoms with Gasteiger partial charge < -0.3 is 20.2 Å². The molecule has 0 spiro atoms. The molecule has 3 heterocycles. The highest BCUT2D eigenvalue weighted by Crippen LogP contribution is 2.26. The molecule has 0 radical (unpaired) electrons. The van der Waals surface area contributed by atoms with Crippen LogP contribution in [0, 0.1) is 0 Å². The zero-order valence-corrected chi connectivity index (χ0v) is 16.1. The molecule has 0 aromatic carbocycles. The summed E-state index contributed by atoms with van der Waals surface area (Å²) >= 11 is 0. The number of nitrogens with zero attached hydrogens (tertiary/aromatic N) is 3. The molecule has 7 nitrogen and oxygen atoms in total. The van der Waals surface area contributed by atoms with Crippen molar-refractivity contribution < 1.29 is 14.7 Å². The molecule has 2 fully saturated rings. The number of carbonyl (C=O) groups excluding carboxylic acids is 2. The van der Waals surface area contributed by atoms with Gasteiger partial charge in [0.05, 0.1) is 11.2 Å². The summed E-state index contributed by atoms with van der Waals surface area (Å²) in [6, 6.07) is 3.80. The summed E-state index contributed by atoms with van der Waals surface area (Å²) in [5.74, 6) is 0.0118. The van der Waals surface area contributed by atoms with E-state index in [-0.39, 0.29) is 17.9 Å². The Morgan fingerprint density at radius 3 is 2.70 bits per heavy atom. The van der Waals surface area contributed by atoms with Gasteiger partial charge in [0.1, 0.15) is 0 Å². The monoisotopic (exact) mass is 374 g/mol. The van der Waals surface area contributed by atoms with E-state index >= 15 is 0 Å². The third-order valence-corrected chi connectivity index (χ3v) is 5.63. The van der Waals surface area contributed by atoms with Gasteiger partial charge in [0.2, 0.25) is 5.91 Å². The maximum Gasteiger partial charge on any atom is 0.255 e. The number of pyridine rings is 1. The number of nitrogens with one attached hydrogen (secondary N) is 1. The lowest BCUT2D eigenvalue weighted by molar-refractivity contribution is -0.120. The molecule has 1 atom stereocenters. The van der Waals surface area contributed by atoms with E-state index < -0.39 is 5.60 Å². The summed E-state index contributed by atoms with van der Waals surface area (Å²) in [5, 5.41) is 14.1. The number of rotatable bonds is 4. The van der Waals surface area contributed by atoms with Crippen molar-refractivity contribution in [3.63, 3.8) is 0 Å². The first kappa shape index (κ1) is 19.8. The van der Waals surface area contributed by atoms with Crippen LogP contribution in [0.2, 0.25) is 0 Å². The molecule has 1 aromatic rings. The standard InChI is InChI=1S/C20H30N4O3/c1-16(25)22-18-5-11-23(12-6-18)15-20(27)7-3-10-24(13-8-20)19(26)17-4-2-9-21-14-17/h2,4,9,14,18,27H,3,5-8,10-13,15H2,1H3,(H,22,25)/t20-/m0/s1. The Balaban J connectivity index is 1.51. The van der Waals surface area contributed by atoms with Crippen molar-refractivity contribution in [2.24, 2.45) is 0 Å². The average molecular weight is 374 g/mol. The van der Waals surface area contributed by atoms with Crippen LogP contribution in [0.3, 0.4) is 0 Å². The number of likely N-dealkylation sites (tertiary alicyclic amines) is 2. The van der Waals surface area contributed by atoms with Gasteiger partial charge in [0.25, 0.3) is 5.91 Å². The lowest BCUT2D eigenvalue weighted by Crippen LogP contribution is -2.50.